The van der Waals surface area contributed by atoms with Gasteiger partial charge in [-0.15, -0.1) is 16.4 Å². The fourth-order valence-electron chi connectivity index (χ4n) is 1.85. The van der Waals surface area contributed by atoms with Gasteiger partial charge in [-0.2, -0.15) is 5.10 Å². The third kappa shape index (κ3) is 2.57. The molecular formula is C14H12ClN3S2. The lowest BCUT2D eigenvalue weighted by Gasteiger charge is -1.93. The van der Waals surface area contributed by atoms with E-state index in [0.717, 1.165) is 19.7 Å². The van der Waals surface area contributed by atoms with Crippen molar-refractivity contribution in [3.05, 3.63) is 50.4 Å². The van der Waals surface area contributed by atoms with Crippen LogP contribution in [0.1, 0.15) is 11.8 Å². The van der Waals surface area contributed by atoms with Crippen LogP contribution in [0.3, 0.4) is 0 Å². The Morgan fingerprint density at radius 3 is 2.65 bits per heavy atom. The molecule has 0 amide bonds. The van der Waals surface area contributed by atoms with Gasteiger partial charge in [0.15, 0.2) is 0 Å². The van der Waals surface area contributed by atoms with Gasteiger partial charge in [0.2, 0.25) is 4.80 Å². The largest absolute Gasteiger partial charge is 0.318 e. The van der Waals surface area contributed by atoms with E-state index in [1.165, 1.54) is 21.6 Å². The van der Waals surface area contributed by atoms with Crippen molar-refractivity contribution < 1.29 is 0 Å². The minimum absolute atomic E-state index is 0.766. The normalized spacial score (nSPS) is 13.3. The highest BCUT2D eigenvalue weighted by molar-refractivity contribution is 7.18. The van der Waals surface area contributed by atoms with E-state index in [9.17, 15) is 0 Å². The zero-order chi connectivity index (χ0) is 14.1. The molecule has 0 fully saturated rings. The second-order valence-electron chi connectivity index (χ2n) is 4.30. The van der Waals surface area contributed by atoms with Crippen molar-refractivity contribution in [3.63, 3.8) is 0 Å². The molecule has 3 nitrogen and oxygen atoms in total. The maximum atomic E-state index is 5.93. The number of rotatable bonds is 2. The first-order valence-electron chi connectivity index (χ1n) is 6.04. The summed E-state index contributed by atoms with van der Waals surface area (Å²) in [7, 11) is 2.00. The highest BCUT2D eigenvalue weighted by Crippen LogP contribution is 2.22. The number of thiophene rings is 1. The van der Waals surface area contributed by atoms with Crippen LogP contribution < -0.4 is 4.80 Å². The molecule has 0 aliphatic heterocycles. The van der Waals surface area contributed by atoms with E-state index in [0.29, 0.717) is 0 Å². The van der Waals surface area contributed by atoms with E-state index in [4.69, 9.17) is 11.6 Å². The van der Waals surface area contributed by atoms with Crippen LogP contribution in [0.25, 0.3) is 10.2 Å². The molecule has 0 saturated heterocycles. The van der Waals surface area contributed by atoms with Crippen LogP contribution in [-0.2, 0) is 7.05 Å². The summed E-state index contributed by atoms with van der Waals surface area (Å²) < 4.78 is 4.03. The lowest BCUT2D eigenvalue weighted by molar-refractivity contribution is 0.888. The number of thiazole rings is 1. The number of aromatic nitrogens is 1. The van der Waals surface area contributed by atoms with Gasteiger partial charge in [0.25, 0.3) is 0 Å². The van der Waals surface area contributed by atoms with Crippen molar-refractivity contribution in [1.29, 1.82) is 0 Å². The summed E-state index contributed by atoms with van der Waals surface area (Å²) in [6.07, 6.45) is 0. The van der Waals surface area contributed by atoms with Gasteiger partial charge in [-0.3, -0.25) is 0 Å². The van der Waals surface area contributed by atoms with Crippen LogP contribution >= 0.6 is 34.3 Å². The summed E-state index contributed by atoms with van der Waals surface area (Å²) in [6.45, 7) is 1.94. The maximum absolute atomic E-state index is 5.93. The van der Waals surface area contributed by atoms with E-state index in [2.05, 4.69) is 26.9 Å². The number of halogens is 1. The minimum Gasteiger partial charge on any atom is -0.318 e. The Morgan fingerprint density at radius 2 is 1.95 bits per heavy atom. The van der Waals surface area contributed by atoms with Crippen LogP contribution in [0.2, 0.25) is 4.34 Å². The molecule has 3 aromatic rings. The smallest absolute Gasteiger partial charge is 0.211 e. The molecule has 20 heavy (non-hydrogen) atoms. The number of para-hydroxylation sites is 1. The fourth-order valence-corrected chi connectivity index (χ4v) is 3.81. The number of hydrogen-bond acceptors (Lipinski definition) is 4. The Bertz CT molecular complexity index is 855. The average Bonchev–Trinajstić information content (AvgIpc) is 3.01. The van der Waals surface area contributed by atoms with E-state index < -0.39 is 0 Å². The number of fused-ring (bicyclic) bond motifs is 1. The number of hydrogen-bond donors (Lipinski definition) is 0. The SMILES string of the molecule is C/C(=N\N=c1/sc2ccccc2n1C)c1ccc(Cl)s1. The maximum Gasteiger partial charge on any atom is 0.211 e. The van der Waals surface area contributed by atoms with Gasteiger partial charge >= 0.3 is 0 Å². The van der Waals surface area contributed by atoms with Crippen LogP contribution in [0.5, 0.6) is 0 Å². The summed E-state index contributed by atoms with van der Waals surface area (Å²) in [5.74, 6) is 0. The van der Waals surface area contributed by atoms with Crippen molar-refractivity contribution >= 4 is 50.2 Å². The van der Waals surface area contributed by atoms with Crippen LogP contribution in [-0.4, -0.2) is 10.3 Å². The molecule has 6 heteroatoms. The number of benzene rings is 1. The molecule has 0 saturated carbocycles. The Hall–Kier alpha value is -1.43. The van der Waals surface area contributed by atoms with Crippen molar-refractivity contribution in [2.75, 3.05) is 0 Å². The van der Waals surface area contributed by atoms with Crippen molar-refractivity contribution in [2.45, 2.75) is 6.92 Å². The van der Waals surface area contributed by atoms with Crippen LogP contribution in [0.15, 0.2) is 46.6 Å². The molecule has 0 aliphatic carbocycles. The molecule has 0 aliphatic rings. The first kappa shape index (κ1) is 13.5. The second-order valence-corrected chi connectivity index (χ2v) is 7.02. The van der Waals surface area contributed by atoms with Crippen molar-refractivity contribution in [1.82, 2.24) is 4.57 Å². The standard InChI is InChI=1S/C14H12ClN3S2/c1-9(11-7-8-13(15)19-11)16-17-14-18(2)10-5-3-4-6-12(10)20-14/h3-8H,1-2H3/b16-9+,17-14-. The summed E-state index contributed by atoms with van der Waals surface area (Å²) in [5, 5.41) is 8.68. The van der Waals surface area contributed by atoms with Gasteiger partial charge in [-0.25, -0.2) is 0 Å². The fraction of sp³-hybridized carbons (Fsp3) is 0.143. The molecule has 2 heterocycles. The minimum atomic E-state index is 0.766. The number of nitrogens with zero attached hydrogens (tertiary/aromatic N) is 3. The third-order valence-electron chi connectivity index (χ3n) is 2.93. The van der Waals surface area contributed by atoms with E-state index >= 15 is 0 Å². The summed E-state index contributed by atoms with van der Waals surface area (Å²) in [6, 6.07) is 12.1. The lowest BCUT2D eigenvalue weighted by Crippen LogP contribution is -2.09. The molecule has 0 unspecified atom stereocenters. The van der Waals surface area contributed by atoms with Gasteiger partial charge in [-0.05, 0) is 31.2 Å². The molecule has 1 aromatic carbocycles. The van der Waals surface area contributed by atoms with Gasteiger partial charge in [-0.1, -0.05) is 35.1 Å². The Labute approximate surface area is 129 Å². The predicted molar refractivity (Wildman–Crippen MR) is 87.9 cm³/mol. The second kappa shape index (κ2) is 5.52. The Morgan fingerprint density at radius 1 is 1.15 bits per heavy atom. The highest BCUT2D eigenvalue weighted by Gasteiger charge is 2.03. The zero-order valence-electron chi connectivity index (χ0n) is 11.0. The van der Waals surface area contributed by atoms with E-state index in [-0.39, 0.29) is 0 Å². The Kier molecular flexibility index (Phi) is 3.74. The van der Waals surface area contributed by atoms with E-state index in [1.807, 2.05) is 38.2 Å². The topological polar surface area (TPSA) is 29.6 Å². The van der Waals surface area contributed by atoms with Crippen molar-refractivity contribution in [3.8, 4) is 0 Å². The van der Waals surface area contributed by atoms with Gasteiger partial charge < -0.3 is 4.57 Å². The third-order valence-corrected chi connectivity index (χ3v) is 5.37. The van der Waals surface area contributed by atoms with Crippen LogP contribution in [0.4, 0.5) is 0 Å². The molecule has 102 valence electrons. The number of aryl methyl sites for hydroxylation is 1. The molecule has 3 rings (SSSR count). The summed E-state index contributed by atoms with van der Waals surface area (Å²) >= 11 is 9.08. The summed E-state index contributed by atoms with van der Waals surface area (Å²) in [5.41, 5.74) is 2.04. The Balaban J connectivity index is 2.04. The highest BCUT2D eigenvalue weighted by atomic mass is 35.5. The van der Waals surface area contributed by atoms with Crippen LogP contribution in [0, 0.1) is 0 Å². The zero-order valence-corrected chi connectivity index (χ0v) is 13.4. The monoisotopic (exact) mass is 321 g/mol. The van der Waals surface area contributed by atoms with Gasteiger partial charge in [0.1, 0.15) is 0 Å². The lowest BCUT2D eigenvalue weighted by atomic mass is 10.3. The van der Waals surface area contributed by atoms with E-state index in [1.54, 1.807) is 11.3 Å². The molecule has 0 radical (unpaired) electrons. The molecule has 0 N–H and O–H groups in total. The first-order chi connectivity index (χ1) is 9.65. The molecule has 0 bridgehead atoms. The molecule has 0 spiro atoms. The molecular weight excluding hydrogens is 310 g/mol. The van der Waals surface area contributed by atoms with Gasteiger partial charge in [0, 0.05) is 7.05 Å². The average molecular weight is 322 g/mol. The first-order valence-corrected chi connectivity index (χ1v) is 8.05. The van der Waals surface area contributed by atoms with Gasteiger partial charge in [0.05, 0.1) is 25.1 Å². The quantitative estimate of drug-likeness (QED) is 0.498. The molecule has 0 atom stereocenters. The summed E-state index contributed by atoms with van der Waals surface area (Å²) in [4.78, 5) is 1.93. The van der Waals surface area contributed by atoms with Crippen molar-refractivity contribution in [2.24, 2.45) is 17.3 Å². The predicted octanol–water partition coefficient (Wildman–Crippen LogP) is 4.28. The molecule has 2 aromatic heterocycles.